The van der Waals surface area contributed by atoms with Crippen LogP contribution in [-0.2, 0) is 11.9 Å². The van der Waals surface area contributed by atoms with Crippen LogP contribution in [0.15, 0.2) is 41.3 Å². The molecule has 0 atom stereocenters. The van der Waals surface area contributed by atoms with Crippen LogP contribution < -0.4 is 4.74 Å². The molecule has 0 amide bonds. The number of oxime groups is 1. The van der Waals surface area contributed by atoms with Crippen LogP contribution >= 0.6 is 11.6 Å². The summed E-state index contributed by atoms with van der Waals surface area (Å²) in [5, 5.41) is 8.75. The van der Waals surface area contributed by atoms with Gasteiger partial charge in [0, 0.05) is 23.6 Å². The van der Waals surface area contributed by atoms with E-state index in [2.05, 4.69) is 22.1 Å². The van der Waals surface area contributed by atoms with E-state index in [0.29, 0.717) is 27.9 Å². The largest absolute Gasteiger partial charge is 0.439 e. The summed E-state index contributed by atoms with van der Waals surface area (Å²) < 4.78 is 21.2. The monoisotopic (exact) mass is 403 g/mol. The fourth-order valence-electron chi connectivity index (χ4n) is 2.10. The molecule has 7 heteroatoms. The maximum absolute atomic E-state index is 13.7. The van der Waals surface area contributed by atoms with Gasteiger partial charge in [0.15, 0.2) is 6.61 Å². The zero-order chi connectivity index (χ0) is 20.7. The van der Waals surface area contributed by atoms with Crippen molar-refractivity contribution >= 4 is 17.8 Å². The van der Waals surface area contributed by atoms with Gasteiger partial charge in [-0.25, -0.2) is 9.07 Å². The molecule has 0 radical (unpaired) electrons. The van der Waals surface area contributed by atoms with Gasteiger partial charge in [-0.05, 0) is 52.0 Å². The molecule has 0 saturated heterocycles. The minimum atomic E-state index is -0.505. The third-order valence-electron chi connectivity index (χ3n) is 3.38. The smallest absolute Gasteiger partial charge is 0.226 e. The van der Waals surface area contributed by atoms with Gasteiger partial charge in [-0.15, -0.1) is 0 Å². The lowest BCUT2D eigenvalue weighted by atomic mass is 9.98. The van der Waals surface area contributed by atoms with Crippen molar-refractivity contribution in [3.63, 3.8) is 0 Å². The van der Waals surface area contributed by atoms with E-state index in [1.165, 1.54) is 12.3 Å². The highest BCUT2D eigenvalue weighted by molar-refractivity contribution is 6.30. The summed E-state index contributed by atoms with van der Waals surface area (Å²) in [5.41, 5.74) is 1.15. The van der Waals surface area contributed by atoms with Crippen molar-refractivity contribution in [2.75, 3.05) is 6.61 Å². The van der Waals surface area contributed by atoms with Gasteiger partial charge in [0.2, 0.25) is 5.88 Å². The topological polar surface area (TPSA) is 48.6 Å². The molecule has 0 aliphatic carbocycles. The maximum Gasteiger partial charge on any atom is 0.226 e. The molecule has 0 bridgehead atoms. The number of allylic oxidation sites excluding steroid dienone is 1. The fraction of sp³-hybridized carbons (Fsp3) is 0.333. The third kappa shape index (κ3) is 6.75. The predicted molar refractivity (Wildman–Crippen MR) is 109 cm³/mol. The van der Waals surface area contributed by atoms with Gasteiger partial charge < -0.3 is 9.57 Å². The summed E-state index contributed by atoms with van der Waals surface area (Å²) in [7, 11) is 1.76. The Kier molecular flexibility index (Phi) is 7.24. The number of nitrogens with zero attached hydrogens (tertiary/aromatic N) is 3. The summed E-state index contributed by atoms with van der Waals surface area (Å²) >= 11 is 5.89. The number of ether oxygens (including phenoxy) is 1. The van der Waals surface area contributed by atoms with E-state index in [0.717, 1.165) is 0 Å². The molecule has 148 valence electrons. The Morgan fingerprint density at radius 1 is 1.32 bits per heavy atom. The molecule has 5 nitrogen and oxygen atoms in total. The van der Waals surface area contributed by atoms with Crippen molar-refractivity contribution in [1.82, 2.24) is 9.78 Å². The standard InChI is InChI=1S/C21H23ClFN3O2/c1-15-19(13-24-27-14-17(23)7-6-12-21(2,3)4)20(26(5)25-15)28-18-10-8-16(22)9-11-18/h7-11,13H,14H2,1-5H3. The van der Waals surface area contributed by atoms with E-state index in [-0.39, 0.29) is 12.0 Å². The molecule has 2 rings (SSSR count). The normalized spacial score (nSPS) is 12.0. The highest BCUT2D eigenvalue weighted by atomic mass is 35.5. The van der Waals surface area contributed by atoms with Gasteiger partial charge >= 0.3 is 0 Å². The van der Waals surface area contributed by atoms with E-state index in [9.17, 15) is 4.39 Å². The van der Waals surface area contributed by atoms with Gasteiger partial charge in [0.25, 0.3) is 0 Å². The third-order valence-corrected chi connectivity index (χ3v) is 3.63. The van der Waals surface area contributed by atoms with E-state index in [1.807, 2.05) is 27.7 Å². The number of aryl methyl sites for hydroxylation is 2. The van der Waals surface area contributed by atoms with E-state index >= 15 is 0 Å². The zero-order valence-electron chi connectivity index (χ0n) is 16.6. The summed E-state index contributed by atoms with van der Waals surface area (Å²) in [6, 6.07) is 6.96. The minimum Gasteiger partial charge on any atom is -0.439 e. The van der Waals surface area contributed by atoms with Crippen LogP contribution in [0.5, 0.6) is 11.6 Å². The first-order valence-electron chi connectivity index (χ1n) is 8.65. The van der Waals surface area contributed by atoms with Crippen molar-refractivity contribution in [3.05, 3.63) is 52.4 Å². The average molecular weight is 404 g/mol. The molecule has 2 aromatic rings. The number of hydrogen-bond acceptors (Lipinski definition) is 4. The second-order valence-corrected chi connectivity index (χ2v) is 7.54. The Morgan fingerprint density at radius 3 is 2.64 bits per heavy atom. The van der Waals surface area contributed by atoms with Crippen molar-refractivity contribution < 1.29 is 14.0 Å². The van der Waals surface area contributed by atoms with Crippen LogP contribution in [0.3, 0.4) is 0 Å². The van der Waals surface area contributed by atoms with Gasteiger partial charge in [-0.1, -0.05) is 28.6 Å². The molecule has 1 aromatic heterocycles. The zero-order valence-corrected chi connectivity index (χ0v) is 17.3. The Balaban J connectivity index is 2.04. The number of benzene rings is 1. The summed E-state index contributed by atoms with van der Waals surface area (Å²) in [6.07, 6.45) is 2.63. The summed E-state index contributed by atoms with van der Waals surface area (Å²) in [6.45, 7) is 7.37. The fourth-order valence-corrected chi connectivity index (χ4v) is 2.22. The van der Waals surface area contributed by atoms with Crippen LogP contribution in [0, 0.1) is 24.2 Å². The summed E-state index contributed by atoms with van der Waals surface area (Å²) in [5.74, 6) is 6.18. The minimum absolute atomic E-state index is 0.186. The molecule has 1 heterocycles. The van der Waals surface area contributed by atoms with Gasteiger partial charge in [-0.2, -0.15) is 5.10 Å². The first-order chi connectivity index (χ1) is 13.2. The highest BCUT2D eigenvalue weighted by Crippen LogP contribution is 2.27. The molecule has 0 saturated carbocycles. The van der Waals surface area contributed by atoms with Crippen LogP contribution in [-0.4, -0.2) is 22.6 Å². The van der Waals surface area contributed by atoms with Crippen LogP contribution in [0.25, 0.3) is 0 Å². The SMILES string of the molecule is Cc1nn(C)c(Oc2ccc(Cl)cc2)c1C=NOCC(F)=CC#CC(C)(C)C. The molecular weight excluding hydrogens is 381 g/mol. The molecule has 0 unspecified atom stereocenters. The first kappa shape index (κ1) is 21.5. The molecule has 28 heavy (non-hydrogen) atoms. The van der Waals surface area contributed by atoms with Gasteiger partial charge in [0.1, 0.15) is 11.6 Å². The second kappa shape index (κ2) is 9.43. The molecule has 1 aromatic carbocycles. The van der Waals surface area contributed by atoms with Crippen molar-refractivity contribution in [3.8, 4) is 23.5 Å². The van der Waals surface area contributed by atoms with Crippen molar-refractivity contribution in [1.29, 1.82) is 0 Å². The Hall–Kier alpha value is -2.78. The Bertz CT molecular complexity index is 930. The van der Waals surface area contributed by atoms with Crippen LogP contribution in [0.2, 0.25) is 5.02 Å². The maximum atomic E-state index is 13.7. The quantitative estimate of drug-likeness (QED) is 0.367. The number of hydrogen-bond donors (Lipinski definition) is 0. The van der Waals surface area contributed by atoms with E-state index in [4.69, 9.17) is 21.2 Å². The molecule has 0 spiro atoms. The lowest BCUT2D eigenvalue weighted by Gasteiger charge is -2.07. The molecule has 0 aliphatic heterocycles. The molecule has 0 fully saturated rings. The van der Waals surface area contributed by atoms with Crippen LogP contribution in [0.1, 0.15) is 32.0 Å². The van der Waals surface area contributed by atoms with Crippen molar-refractivity contribution in [2.24, 2.45) is 17.6 Å². The average Bonchev–Trinajstić information content (AvgIpc) is 2.86. The lowest BCUT2D eigenvalue weighted by molar-refractivity contribution is 0.154. The number of aromatic nitrogens is 2. The number of rotatable bonds is 6. The second-order valence-electron chi connectivity index (χ2n) is 7.10. The Morgan fingerprint density at radius 2 is 2.00 bits per heavy atom. The Labute approximate surface area is 169 Å². The van der Waals surface area contributed by atoms with Gasteiger partial charge in [0.05, 0.1) is 17.5 Å². The molecule has 0 aliphatic rings. The molecule has 0 N–H and O–H groups in total. The lowest BCUT2D eigenvalue weighted by Crippen LogP contribution is -1.99. The van der Waals surface area contributed by atoms with E-state index in [1.54, 1.807) is 36.0 Å². The summed E-state index contributed by atoms with van der Waals surface area (Å²) in [4.78, 5) is 5.02. The van der Waals surface area contributed by atoms with Crippen LogP contribution in [0.4, 0.5) is 4.39 Å². The molecular formula is C21H23ClFN3O2. The number of halogens is 2. The first-order valence-corrected chi connectivity index (χ1v) is 9.03. The highest BCUT2D eigenvalue weighted by Gasteiger charge is 2.14. The van der Waals surface area contributed by atoms with Crippen molar-refractivity contribution in [2.45, 2.75) is 27.7 Å². The van der Waals surface area contributed by atoms with E-state index < -0.39 is 5.83 Å². The van der Waals surface area contributed by atoms with Gasteiger partial charge in [-0.3, -0.25) is 0 Å². The predicted octanol–water partition coefficient (Wildman–Crippen LogP) is 5.43.